The summed E-state index contributed by atoms with van der Waals surface area (Å²) in [5.74, 6) is 0.839. The van der Waals surface area contributed by atoms with Gasteiger partial charge in [-0.15, -0.1) is 0 Å². The Labute approximate surface area is 111 Å². The van der Waals surface area contributed by atoms with Crippen LogP contribution in [0.2, 0.25) is 0 Å². The minimum Gasteiger partial charge on any atom is -0.382 e. The number of amides is 1. The molecular weight excluding hydrogens is 228 g/mol. The van der Waals surface area contributed by atoms with Gasteiger partial charge in [0.25, 0.3) is 0 Å². The van der Waals surface area contributed by atoms with E-state index < -0.39 is 0 Å². The van der Waals surface area contributed by atoms with E-state index in [-0.39, 0.29) is 5.91 Å². The molecule has 4 nitrogen and oxygen atoms in total. The topological polar surface area (TPSA) is 41.6 Å². The SMILES string of the molecule is CCNC1CCN(C(=O)CCCOCC)CC1C. The molecule has 0 aromatic carbocycles. The number of ether oxygens (including phenoxy) is 1. The summed E-state index contributed by atoms with van der Waals surface area (Å²) >= 11 is 0. The third-order valence-corrected chi connectivity index (χ3v) is 3.61. The minimum absolute atomic E-state index is 0.288. The molecule has 0 spiro atoms. The Morgan fingerprint density at radius 1 is 1.44 bits per heavy atom. The monoisotopic (exact) mass is 256 g/mol. The smallest absolute Gasteiger partial charge is 0.222 e. The van der Waals surface area contributed by atoms with Gasteiger partial charge in [0.15, 0.2) is 0 Å². The van der Waals surface area contributed by atoms with Crippen molar-refractivity contribution in [2.75, 3.05) is 32.8 Å². The van der Waals surface area contributed by atoms with Crippen LogP contribution < -0.4 is 5.32 Å². The zero-order valence-corrected chi connectivity index (χ0v) is 12.1. The van der Waals surface area contributed by atoms with E-state index in [0.29, 0.717) is 25.0 Å². The molecule has 0 radical (unpaired) electrons. The Balaban J connectivity index is 2.25. The molecule has 106 valence electrons. The molecule has 2 atom stereocenters. The summed E-state index contributed by atoms with van der Waals surface area (Å²) in [5.41, 5.74) is 0. The van der Waals surface area contributed by atoms with Gasteiger partial charge in [0.05, 0.1) is 0 Å². The maximum atomic E-state index is 12.0. The first-order valence-corrected chi connectivity index (χ1v) is 7.27. The average Bonchev–Trinajstić information content (AvgIpc) is 2.37. The molecule has 0 bridgehead atoms. The summed E-state index contributed by atoms with van der Waals surface area (Å²) in [6.07, 6.45) is 2.54. The number of hydrogen-bond acceptors (Lipinski definition) is 3. The van der Waals surface area contributed by atoms with Crippen molar-refractivity contribution in [1.82, 2.24) is 10.2 Å². The van der Waals surface area contributed by atoms with Gasteiger partial charge in [0, 0.05) is 38.8 Å². The van der Waals surface area contributed by atoms with Crippen molar-refractivity contribution in [2.24, 2.45) is 5.92 Å². The van der Waals surface area contributed by atoms with Crippen LogP contribution in [0.4, 0.5) is 0 Å². The van der Waals surface area contributed by atoms with Crippen molar-refractivity contribution >= 4 is 5.91 Å². The Kier molecular flexibility index (Phi) is 7.28. The van der Waals surface area contributed by atoms with Crippen LogP contribution in [0.25, 0.3) is 0 Å². The molecule has 1 N–H and O–H groups in total. The number of piperidine rings is 1. The summed E-state index contributed by atoms with van der Waals surface area (Å²) in [7, 11) is 0. The van der Waals surface area contributed by atoms with Crippen LogP contribution in [0, 0.1) is 5.92 Å². The Morgan fingerprint density at radius 3 is 2.83 bits per heavy atom. The lowest BCUT2D eigenvalue weighted by Gasteiger charge is -2.37. The third kappa shape index (κ3) is 4.94. The third-order valence-electron chi connectivity index (χ3n) is 3.61. The summed E-state index contributed by atoms with van der Waals surface area (Å²) in [4.78, 5) is 14.0. The molecule has 0 saturated carbocycles. The molecule has 1 aliphatic heterocycles. The van der Waals surface area contributed by atoms with E-state index in [4.69, 9.17) is 4.74 Å². The summed E-state index contributed by atoms with van der Waals surface area (Å²) in [6.45, 7) is 10.6. The highest BCUT2D eigenvalue weighted by molar-refractivity contribution is 5.76. The fourth-order valence-electron chi connectivity index (χ4n) is 2.57. The zero-order chi connectivity index (χ0) is 13.4. The van der Waals surface area contributed by atoms with Gasteiger partial charge in [0.2, 0.25) is 5.91 Å². The number of rotatable bonds is 7. The number of likely N-dealkylation sites (tertiary alicyclic amines) is 1. The molecular formula is C14H28N2O2. The molecule has 1 heterocycles. The standard InChI is InChI=1S/C14H28N2O2/c1-4-15-13-8-9-16(11-12(13)3)14(17)7-6-10-18-5-2/h12-13,15H,4-11H2,1-3H3. The summed E-state index contributed by atoms with van der Waals surface area (Å²) < 4.78 is 5.26. The molecule has 1 rings (SSSR count). The van der Waals surface area contributed by atoms with Crippen molar-refractivity contribution in [2.45, 2.75) is 46.1 Å². The van der Waals surface area contributed by atoms with Gasteiger partial charge in [-0.25, -0.2) is 0 Å². The first-order chi connectivity index (χ1) is 8.69. The number of carbonyl (C=O) groups excluding carboxylic acids is 1. The number of nitrogens with zero attached hydrogens (tertiary/aromatic N) is 1. The molecule has 0 aliphatic carbocycles. The Morgan fingerprint density at radius 2 is 2.22 bits per heavy atom. The van der Waals surface area contributed by atoms with Crippen molar-refractivity contribution in [3.8, 4) is 0 Å². The normalized spacial score (nSPS) is 24.3. The summed E-state index contributed by atoms with van der Waals surface area (Å²) in [6, 6.07) is 0.572. The highest BCUT2D eigenvalue weighted by Crippen LogP contribution is 2.17. The van der Waals surface area contributed by atoms with Gasteiger partial charge in [-0.3, -0.25) is 4.79 Å². The maximum Gasteiger partial charge on any atom is 0.222 e. The highest BCUT2D eigenvalue weighted by Gasteiger charge is 2.27. The minimum atomic E-state index is 0.288. The van der Waals surface area contributed by atoms with Gasteiger partial charge in [-0.1, -0.05) is 13.8 Å². The van der Waals surface area contributed by atoms with E-state index in [1.807, 2.05) is 11.8 Å². The van der Waals surface area contributed by atoms with E-state index in [2.05, 4.69) is 19.2 Å². The van der Waals surface area contributed by atoms with Gasteiger partial charge >= 0.3 is 0 Å². The van der Waals surface area contributed by atoms with Crippen LogP contribution in [0.15, 0.2) is 0 Å². The number of carbonyl (C=O) groups is 1. The van der Waals surface area contributed by atoms with Crippen LogP contribution in [-0.2, 0) is 9.53 Å². The van der Waals surface area contributed by atoms with E-state index >= 15 is 0 Å². The van der Waals surface area contributed by atoms with Gasteiger partial charge in [-0.05, 0) is 32.2 Å². The second-order valence-electron chi connectivity index (χ2n) is 5.07. The fourth-order valence-corrected chi connectivity index (χ4v) is 2.57. The van der Waals surface area contributed by atoms with Crippen molar-refractivity contribution in [1.29, 1.82) is 0 Å². The largest absolute Gasteiger partial charge is 0.382 e. The van der Waals surface area contributed by atoms with Crippen LogP contribution in [-0.4, -0.2) is 49.7 Å². The molecule has 0 aromatic rings. The van der Waals surface area contributed by atoms with E-state index in [1.54, 1.807) is 0 Å². The second-order valence-corrected chi connectivity index (χ2v) is 5.07. The zero-order valence-electron chi connectivity index (χ0n) is 12.1. The van der Waals surface area contributed by atoms with Gasteiger partial charge in [0.1, 0.15) is 0 Å². The maximum absolute atomic E-state index is 12.0. The van der Waals surface area contributed by atoms with Crippen molar-refractivity contribution < 1.29 is 9.53 Å². The predicted molar refractivity (Wildman–Crippen MR) is 73.6 cm³/mol. The molecule has 1 fully saturated rings. The fraction of sp³-hybridized carbons (Fsp3) is 0.929. The van der Waals surface area contributed by atoms with Crippen LogP contribution >= 0.6 is 0 Å². The van der Waals surface area contributed by atoms with Crippen molar-refractivity contribution in [3.05, 3.63) is 0 Å². The molecule has 18 heavy (non-hydrogen) atoms. The Hall–Kier alpha value is -0.610. The number of nitrogens with one attached hydrogen (secondary N) is 1. The van der Waals surface area contributed by atoms with Crippen LogP contribution in [0.1, 0.15) is 40.0 Å². The van der Waals surface area contributed by atoms with E-state index in [0.717, 1.165) is 39.1 Å². The first kappa shape index (κ1) is 15.4. The lowest BCUT2D eigenvalue weighted by atomic mass is 9.93. The van der Waals surface area contributed by atoms with Crippen LogP contribution in [0.5, 0.6) is 0 Å². The summed E-state index contributed by atoms with van der Waals surface area (Å²) in [5, 5.41) is 3.50. The lowest BCUT2D eigenvalue weighted by molar-refractivity contribution is -0.133. The molecule has 1 saturated heterocycles. The van der Waals surface area contributed by atoms with Gasteiger partial charge in [-0.2, -0.15) is 0 Å². The van der Waals surface area contributed by atoms with Crippen molar-refractivity contribution in [3.63, 3.8) is 0 Å². The molecule has 1 aliphatic rings. The first-order valence-electron chi connectivity index (χ1n) is 7.27. The average molecular weight is 256 g/mol. The highest BCUT2D eigenvalue weighted by atomic mass is 16.5. The molecule has 0 aromatic heterocycles. The second kappa shape index (κ2) is 8.48. The number of hydrogen-bond donors (Lipinski definition) is 1. The van der Waals surface area contributed by atoms with E-state index in [9.17, 15) is 4.79 Å². The molecule has 4 heteroatoms. The predicted octanol–water partition coefficient (Wildman–Crippen LogP) is 1.65. The van der Waals surface area contributed by atoms with Crippen LogP contribution in [0.3, 0.4) is 0 Å². The lowest BCUT2D eigenvalue weighted by Crippen LogP contribution is -2.50. The quantitative estimate of drug-likeness (QED) is 0.704. The molecule has 1 amide bonds. The molecule has 2 unspecified atom stereocenters. The van der Waals surface area contributed by atoms with E-state index in [1.165, 1.54) is 0 Å². The van der Waals surface area contributed by atoms with Gasteiger partial charge < -0.3 is 15.0 Å². The Bertz CT molecular complexity index is 246.